The molecule has 0 fully saturated rings. The Hall–Kier alpha value is -2.76. The van der Waals surface area contributed by atoms with Crippen LogP contribution in [0.2, 0.25) is 0 Å². The molecule has 0 aliphatic carbocycles. The Labute approximate surface area is 121 Å². The Bertz CT molecular complexity index is 647. The zero-order chi connectivity index (χ0) is 15.2. The summed E-state index contributed by atoms with van der Waals surface area (Å²) < 4.78 is 23.2. The van der Waals surface area contributed by atoms with Crippen LogP contribution >= 0.6 is 0 Å². The predicted molar refractivity (Wildman–Crippen MR) is 77.9 cm³/mol. The fourth-order valence-electron chi connectivity index (χ4n) is 1.69. The second kappa shape index (κ2) is 6.60. The van der Waals surface area contributed by atoms with E-state index < -0.39 is 5.82 Å². The van der Waals surface area contributed by atoms with E-state index in [0.717, 1.165) is 6.07 Å². The quantitative estimate of drug-likeness (QED) is 0.829. The first-order valence-corrected chi connectivity index (χ1v) is 6.20. The molecule has 2 rings (SSSR count). The normalized spacial score (nSPS) is 10.0. The highest BCUT2D eigenvalue weighted by atomic mass is 19.1. The first-order valence-electron chi connectivity index (χ1n) is 6.20. The molecule has 0 heterocycles. The number of nitrogen functional groups attached to an aromatic ring is 1. The highest BCUT2D eigenvalue weighted by molar-refractivity contribution is 5.92. The molecule has 110 valence electrons. The summed E-state index contributed by atoms with van der Waals surface area (Å²) in [5, 5.41) is 2.66. The molecule has 0 aliphatic heterocycles. The summed E-state index contributed by atoms with van der Waals surface area (Å²) in [4.78, 5) is 11.8. The minimum Gasteiger partial charge on any atom is -0.497 e. The predicted octanol–water partition coefficient (Wildman–Crippen LogP) is 2.43. The monoisotopic (exact) mass is 290 g/mol. The second-order valence-corrected chi connectivity index (χ2v) is 4.25. The van der Waals surface area contributed by atoms with Gasteiger partial charge in [-0.05, 0) is 24.3 Å². The van der Waals surface area contributed by atoms with Crippen LogP contribution in [0.15, 0.2) is 42.5 Å². The molecule has 6 heteroatoms. The van der Waals surface area contributed by atoms with Gasteiger partial charge in [-0.2, -0.15) is 0 Å². The van der Waals surface area contributed by atoms with E-state index in [0.29, 0.717) is 11.4 Å². The third-order valence-electron chi connectivity index (χ3n) is 2.68. The van der Waals surface area contributed by atoms with E-state index in [9.17, 15) is 9.18 Å². The summed E-state index contributed by atoms with van der Waals surface area (Å²) in [7, 11) is 1.54. The van der Waals surface area contributed by atoms with E-state index in [1.807, 2.05) is 0 Å². The highest BCUT2D eigenvalue weighted by Gasteiger charge is 2.07. The molecule has 21 heavy (non-hydrogen) atoms. The van der Waals surface area contributed by atoms with Crippen LogP contribution in [0.25, 0.3) is 0 Å². The van der Waals surface area contributed by atoms with Gasteiger partial charge in [-0.3, -0.25) is 4.79 Å². The minimum atomic E-state index is -0.458. The molecule has 0 unspecified atom stereocenters. The van der Waals surface area contributed by atoms with Crippen molar-refractivity contribution in [1.82, 2.24) is 0 Å². The molecule has 0 saturated heterocycles. The Balaban J connectivity index is 1.92. The molecule has 2 aromatic carbocycles. The first kappa shape index (κ1) is 14.6. The lowest BCUT2D eigenvalue weighted by Crippen LogP contribution is -2.20. The first-order chi connectivity index (χ1) is 10.1. The Morgan fingerprint density at radius 2 is 2.10 bits per heavy atom. The van der Waals surface area contributed by atoms with Crippen molar-refractivity contribution in [2.45, 2.75) is 0 Å². The van der Waals surface area contributed by atoms with Gasteiger partial charge in [0.15, 0.2) is 6.61 Å². The lowest BCUT2D eigenvalue weighted by molar-refractivity contribution is -0.118. The van der Waals surface area contributed by atoms with Gasteiger partial charge in [0.05, 0.1) is 12.8 Å². The molecule has 5 nitrogen and oxygen atoms in total. The van der Waals surface area contributed by atoms with E-state index >= 15 is 0 Å². The van der Waals surface area contributed by atoms with Gasteiger partial charge in [0, 0.05) is 17.8 Å². The van der Waals surface area contributed by atoms with Crippen LogP contribution in [-0.2, 0) is 4.79 Å². The average Bonchev–Trinajstić information content (AvgIpc) is 2.46. The molecule has 0 aliphatic rings. The van der Waals surface area contributed by atoms with E-state index in [1.165, 1.54) is 12.1 Å². The van der Waals surface area contributed by atoms with Crippen LogP contribution < -0.4 is 20.5 Å². The summed E-state index contributed by atoms with van der Waals surface area (Å²) in [6.07, 6.45) is 0. The van der Waals surface area contributed by atoms with Crippen molar-refractivity contribution in [2.75, 3.05) is 24.8 Å². The molecule has 3 N–H and O–H groups in total. The fourth-order valence-corrected chi connectivity index (χ4v) is 1.69. The van der Waals surface area contributed by atoms with Crippen LogP contribution in [0, 0.1) is 5.82 Å². The number of amides is 1. The zero-order valence-corrected chi connectivity index (χ0v) is 11.4. The molecule has 0 atom stereocenters. The smallest absolute Gasteiger partial charge is 0.262 e. The zero-order valence-electron chi connectivity index (χ0n) is 11.4. The van der Waals surface area contributed by atoms with Crippen molar-refractivity contribution in [3.05, 3.63) is 48.3 Å². The summed E-state index contributed by atoms with van der Waals surface area (Å²) in [6, 6.07) is 10.7. The van der Waals surface area contributed by atoms with E-state index in [2.05, 4.69) is 5.32 Å². The van der Waals surface area contributed by atoms with Crippen LogP contribution in [0.1, 0.15) is 0 Å². The van der Waals surface area contributed by atoms with E-state index in [1.54, 1.807) is 31.4 Å². The molecular weight excluding hydrogens is 275 g/mol. The van der Waals surface area contributed by atoms with Crippen LogP contribution in [0.5, 0.6) is 11.5 Å². The van der Waals surface area contributed by atoms with Crippen molar-refractivity contribution >= 4 is 17.3 Å². The lowest BCUT2D eigenvalue weighted by Gasteiger charge is -2.10. The Morgan fingerprint density at radius 3 is 2.81 bits per heavy atom. The third kappa shape index (κ3) is 4.10. The van der Waals surface area contributed by atoms with Gasteiger partial charge in [0.1, 0.15) is 17.3 Å². The van der Waals surface area contributed by atoms with E-state index in [-0.39, 0.29) is 24.0 Å². The van der Waals surface area contributed by atoms with Crippen molar-refractivity contribution < 1.29 is 18.7 Å². The number of halogens is 1. The van der Waals surface area contributed by atoms with Gasteiger partial charge in [0.2, 0.25) is 0 Å². The number of carbonyl (C=O) groups is 1. The summed E-state index contributed by atoms with van der Waals surface area (Å²) in [5.74, 6) is 0.0846. The second-order valence-electron chi connectivity index (χ2n) is 4.25. The number of carbonyl (C=O) groups excluding carboxylic acids is 1. The van der Waals surface area contributed by atoms with Crippen LogP contribution in [0.3, 0.4) is 0 Å². The van der Waals surface area contributed by atoms with Gasteiger partial charge in [-0.15, -0.1) is 0 Å². The molecular formula is C15H15FN2O3. The SMILES string of the molecule is COc1cccc(NC(=O)COc2ccc(F)cc2N)c1. The molecule has 0 spiro atoms. The van der Waals surface area contributed by atoms with Crippen molar-refractivity contribution in [3.8, 4) is 11.5 Å². The number of nitrogens with one attached hydrogen (secondary N) is 1. The maximum Gasteiger partial charge on any atom is 0.262 e. The summed E-state index contributed by atoms with van der Waals surface area (Å²) in [6.45, 7) is -0.229. The number of nitrogens with two attached hydrogens (primary N) is 1. The highest BCUT2D eigenvalue weighted by Crippen LogP contribution is 2.22. The Morgan fingerprint density at radius 1 is 1.29 bits per heavy atom. The number of rotatable bonds is 5. The molecule has 2 aromatic rings. The van der Waals surface area contributed by atoms with Crippen molar-refractivity contribution in [1.29, 1.82) is 0 Å². The number of ether oxygens (including phenoxy) is 2. The molecule has 0 saturated carbocycles. The largest absolute Gasteiger partial charge is 0.497 e. The van der Waals surface area contributed by atoms with Gasteiger partial charge in [-0.25, -0.2) is 4.39 Å². The number of anilines is 2. The van der Waals surface area contributed by atoms with Gasteiger partial charge in [-0.1, -0.05) is 6.07 Å². The summed E-state index contributed by atoms with van der Waals surface area (Å²) >= 11 is 0. The third-order valence-corrected chi connectivity index (χ3v) is 2.68. The number of hydrogen-bond acceptors (Lipinski definition) is 4. The molecule has 0 bridgehead atoms. The van der Waals surface area contributed by atoms with Gasteiger partial charge in [0.25, 0.3) is 5.91 Å². The average molecular weight is 290 g/mol. The number of hydrogen-bond donors (Lipinski definition) is 2. The van der Waals surface area contributed by atoms with Crippen molar-refractivity contribution in [2.24, 2.45) is 0 Å². The Kier molecular flexibility index (Phi) is 4.61. The minimum absolute atomic E-state index is 0.143. The number of methoxy groups -OCH3 is 1. The fraction of sp³-hybridized carbons (Fsp3) is 0.133. The molecule has 0 aromatic heterocycles. The maximum atomic E-state index is 12.9. The van der Waals surface area contributed by atoms with Crippen molar-refractivity contribution in [3.63, 3.8) is 0 Å². The molecule has 0 radical (unpaired) electrons. The molecule has 1 amide bonds. The summed E-state index contributed by atoms with van der Waals surface area (Å²) in [5.41, 5.74) is 6.32. The van der Waals surface area contributed by atoms with Crippen LogP contribution in [-0.4, -0.2) is 19.6 Å². The lowest BCUT2D eigenvalue weighted by atomic mass is 10.3. The van der Waals surface area contributed by atoms with E-state index in [4.69, 9.17) is 15.2 Å². The van der Waals surface area contributed by atoms with Gasteiger partial charge >= 0.3 is 0 Å². The topological polar surface area (TPSA) is 73.6 Å². The number of benzene rings is 2. The van der Waals surface area contributed by atoms with Gasteiger partial charge < -0.3 is 20.5 Å². The van der Waals surface area contributed by atoms with Crippen LogP contribution in [0.4, 0.5) is 15.8 Å². The maximum absolute atomic E-state index is 12.9. The standard InChI is InChI=1S/C15H15FN2O3/c1-20-12-4-2-3-11(8-12)18-15(19)9-21-14-6-5-10(16)7-13(14)17/h2-8H,9,17H2,1H3,(H,18,19).